The molecule has 1 N–H and O–H groups in total. The largest absolute Gasteiger partial charge is 0.345 e. The van der Waals surface area contributed by atoms with Crippen LogP contribution >= 0.6 is 11.3 Å². The van der Waals surface area contributed by atoms with Gasteiger partial charge in [-0.25, -0.2) is 13.6 Å². The number of piperazine rings is 1. The zero-order valence-electron chi connectivity index (χ0n) is 15.7. The Labute approximate surface area is 174 Å². The van der Waals surface area contributed by atoms with E-state index in [1.165, 1.54) is 23.5 Å². The standard InChI is InChI=1S/C20H20FN3O3S2/c1-13(29(26)27)14-3-2-4-15(11-14)19(25)23-7-9-24(10-8-23)20-22-17-6-5-16(21)12-18(17)28-20/h2-6,11-13H,7-10H2,1H3,(H,26,27). The van der Waals surface area contributed by atoms with E-state index in [-0.39, 0.29) is 11.7 Å². The molecular weight excluding hydrogens is 413 g/mol. The summed E-state index contributed by atoms with van der Waals surface area (Å²) in [6.45, 7) is 4.04. The number of thiazole rings is 1. The Kier molecular flexibility index (Phi) is 5.62. The Morgan fingerprint density at radius 2 is 1.97 bits per heavy atom. The van der Waals surface area contributed by atoms with Crippen LogP contribution in [-0.2, 0) is 11.1 Å². The smallest absolute Gasteiger partial charge is 0.253 e. The maximum absolute atomic E-state index is 13.4. The van der Waals surface area contributed by atoms with Gasteiger partial charge in [-0.05, 0) is 42.8 Å². The molecule has 1 saturated heterocycles. The highest BCUT2D eigenvalue weighted by Crippen LogP contribution is 2.30. The Balaban J connectivity index is 1.44. The molecule has 2 aromatic carbocycles. The fourth-order valence-corrected chi connectivity index (χ4v) is 4.77. The van der Waals surface area contributed by atoms with E-state index >= 15 is 0 Å². The fourth-order valence-electron chi connectivity index (χ4n) is 3.35. The van der Waals surface area contributed by atoms with E-state index in [1.54, 1.807) is 42.2 Å². The van der Waals surface area contributed by atoms with Crippen LogP contribution in [0.3, 0.4) is 0 Å². The van der Waals surface area contributed by atoms with Crippen molar-refractivity contribution in [1.29, 1.82) is 0 Å². The van der Waals surface area contributed by atoms with Gasteiger partial charge in [-0.3, -0.25) is 4.79 Å². The molecule has 0 bridgehead atoms. The van der Waals surface area contributed by atoms with Crippen LogP contribution in [0.2, 0.25) is 0 Å². The zero-order valence-corrected chi connectivity index (χ0v) is 17.4. The summed E-state index contributed by atoms with van der Waals surface area (Å²) >= 11 is -0.532. The van der Waals surface area contributed by atoms with E-state index in [0.29, 0.717) is 37.3 Å². The third kappa shape index (κ3) is 4.17. The van der Waals surface area contributed by atoms with Gasteiger partial charge in [0.25, 0.3) is 5.91 Å². The normalized spacial score (nSPS) is 16.8. The number of nitrogens with zero attached hydrogens (tertiary/aromatic N) is 3. The topological polar surface area (TPSA) is 73.7 Å². The molecule has 29 heavy (non-hydrogen) atoms. The van der Waals surface area contributed by atoms with Gasteiger partial charge in [0.15, 0.2) is 16.2 Å². The molecule has 3 aromatic rings. The van der Waals surface area contributed by atoms with Crippen LogP contribution in [0.5, 0.6) is 0 Å². The highest BCUT2D eigenvalue weighted by atomic mass is 32.2. The SMILES string of the molecule is CC(c1cccc(C(=O)N2CCN(c3nc4ccc(F)cc4s3)CC2)c1)S(=O)O. The van der Waals surface area contributed by atoms with E-state index in [4.69, 9.17) is 0 Å². The summed E-state index contributed by atoms with van der Waals surface area (Å²) in [5.74, 6) is -0.363. The third-order valence-corrected chi connectivity index (χ3v) is 7.04. The number of aromatic nitrogens is 1. The van der Waals surface area contributed by atoms with Crippen molar-refractivity contribution < 1.29 is 17.9 Å². The van der Waals surface area contributed by atoms with Gasteiger partial charge in [-0.2, -0.15) is 0 Å². The zero-order chi connectivity index (χ0) is 20.5. The van der Waals surface area contributed by atoms with Crippen molar-refractivity contribution in [3.63, 3.8) is 0 Å². The summed E-state index contributed by atoms with van der Waals surface area (Å²) in [6, 6.07) is 11.5. The summed E-state index contributed by atoms with van der Waals surface area (Å²) in [4.78, 5) is 21.3. The van der Waals surface area contributed by atoms with Crippen molar-refractivity contribution in [1.82, 2.24) is 9.88 Å². The van der Waals surface area contributed by atoms with Crippen LogP contribution in [0.1, 0.15) is 28.1 Å². The quantitative estimate of drug-likeness (QED) is 0.636. The molecule has 152 valence electrons. The van der Waals surface area contributed by atoms with Crippen LogP contribution in [0.4, 0.5) is 9.52 Å². The van der Waals surface area contributed by atoms with Crippen LogP contribution in [0, 0.1) is 5.82 Å². The van der Waals surface area contributed by atoms with E-state index in [1.807, 2.05) is 0 Å². The van der Waals surface area contributed by atoms with Gasteiger partial charge in [0, 0.05) is 31.7 Å². The number of amides is 1. The van der Waals surface area contributed by atoms with Crippen molar-refractivity contribution in [3.05, 3.63) is 59.4 Å². The number of anilines is 1. The van der Waals surface area contributed by atoms with Crippen LogP contribution in [0.15, 0.2) is 42.5 Å². The van der Waals surface area contributed by atoms with E-state index in [0.717, 1.165) is 15.3 Å². The Bertz CT molecular complexity index is 1080. The molecule has 1 amide bonds. The predicted molar refractivity (Wildman–Crippen MR) is 113 cm³/mol. The maximum Gasteiger partial charge on any atom is 0.253 e. The van der Waals surface area contributed by atoms with E-state index < -0.39 is 16.3 Å². The van der Waals surface area contributed by atoms with Gasteiger partial charge in [0.05, 0.1) is 15.5 Å². The van der Waals surface area contributed by atoms with Crippen LogP contribution in [-0.4, -0.2) is 50.7 Å². The predicted octanol–water partition coefficient (Wildman–Crippen LogP) is 3.68. The van der Waals surface area contributed by atoms with Crippen molar-refractivity contribution in [2.45, 2.75) is 12.2 Å². The fraction of sp³-hybridized carbons (Fsp3) is 0.300. The van der Waals surface area contributed by atoms with Crippen molar-refractivity contribution in [2.75, 3.05) is 31.1 Å². The number of rotatable bonds is 4. The van der Waals surface area contributed by atoms with Crippen LogP contribution < -0.4 is 4.90 Å². The molecule has 0 saturated carbocycles. The molecule has 6 nitrogen and oxygen atoms in total. The number of carbonyl (C=O) groups is 1. The van der Waals surface area contributed by atoms with E-state index in [2.05, 4.69) is 9.88 Å². The average Bonchev–Trinajstić information content (AvgIpc) is 3.16. The summed E-state index contributed by atoms with van der Waals surface area (Å²) in [6.07, 6.45) is 0. The maximum atomic E-state index is 13.4. The molecule has 0 aliphatic carbocycles. The van der Waals surface area contributed by atoms with E-state index in [9.17, 15) is 17.9 Å². The third-order valence-electron chi connectivity index (χ3n) is 5.08. The summed E-state index contributed by atoms with van der Waals surface area (Å²) in [7, 11) is 0. The molecule has 0 radical (unpaired) electrons. The summed E-state index contributed by atoms with van der Waals surface area (Å²) in [5.41, 5.74) is 1.96. The van der Waals surface area contributed by atoms with Gasteiger partial charge in [0.1, 0.15) is 5.82 Å². The molecule has 1 aromatic heterocycles. The lowest BCUT2D eigenvalue weighted by Gasteiger charge is -2.34. The number of carbonyl (C=O) groups excluding carboxylic acids is 1. The van der Waals surface area contributed by atoms with Gasteiger partial charge in [-0.1, -0.05) is 23.5 Å². The van der Waals surface area contributed by atoms with Crippen molar-refractivity contribution in [3.8, 4) is 0 Å². The second-order valence-corrected chi connectivity index (χ2v) is 9.20. The Morgan fingerprint density at radius 3 is 2.69 bits per heavy atom. The van der Waals surface area contributed by atoms with Crippen molar-refractivity contribution in [2.24, 2.45) is 0 Å². The molecule has 2 atom stereocenters. The second kappa shape index (κ2) is 8.17. The Morgan fingerprint density at radius 1 is 1.21 bits per heavy atom. The first-order valence-electron chi connectivity index (χ1n) is 9.22. The highest BCUT2D eigenvalue weighted by molar-refractivity contribution is 7.79. The number of hydrogen-bond acceptors (Lipinski definition) is 5. The molecule has 1 aliphatic heterocycles. The molecule has 2 unspecified atom stereocenters. The average molecular weight is 434 g/mol. The summed E-state index contributed by atoms with van der Waals surface area (Å²) < 4.78 is 34.8. The van der Waals surface area contributed by atoms with Gasteiger partial charge < -0.3 is 14.4 Å². The number of benzene rings is 2. The first-order valence-corrected chi connectivity index (χ1v) is 11.2. The second-order valence-electron chi connectivity index (χ2n) is 6.93. The lowest BCUT2D eigenvalue weighted by atomic mass is 10.1. The minimum atomic E-state index is -1.98. The first kappa shape index (κ1) is 19.9. The molecule has 9 heteroatoms. The monoisotopic (exact) mass is 433 g/mol. The molecular formula is C20H20FN3O3S2. The van der Waals surface area contributed by atoms with Crippen molar-refractivity contribution >= 4 is 43.7 Å². The molecule has 4 rings (SSSR count). The summed E-state index contributed by atoms with van der Waals surface area (Å²) in [5, 5.41) is 0.280. The lowest BCUT2D eigenvalue weighted by molar-refractivity contribution is 0.0746. The lowest BCUT2D eigenvalue weighted by Crippen LogP contribution is -2.48. The van der Waals surface area contributed by atoms with Gasteiger partial charge in [-0.15, -0.1) is 0 Å². The minimum absolute atomic E-state index is 0.0891. The minimum Gasteiger partial charge on any atom is -0.345 e. The van der Waals surface area contributed by atoms with Gasteiger partial charge >= 0.3 is 0 Å². The number of fused-ring (bicyclic) bond motifs is 1. The number of hydrogen-bond donors (Lipinski definition) is 1. The Hall–Kier alpha value is -2.36. The van der Waals surface area contributed by atoms with Gasteiger partial charge in [0.2, 0.25) is 0 Å². The first-order chi connectivity index (χ1) is 13.9. The molecule has 1 fully saturated rings. The molecule has 0 spiro atoms. The highest BCUT2D eigenvalue weighted by Gasteiger charge is 2.24. The number of halogens is 1. The molecule has 1 aliphatic rings. The molecule has 2 heterocycles. The van der Waals surface area contributed by atoms with Crippen LogP contribution in [0.25, 0.3) is 10.2 Å².